The highest BCUT2D eigenvalue weighted by molar-refractivity contribution is 7.22. The number of fused-ring (bicyclic) bond motifs is 1. The Labute approximate surface area is 158 Å². The van der Waals surface area contributed by atoms with Gasteiger partial charge >= 0.3 is 0 Å². The summed E-state index contributed by atoms with van der Waals surface area (Å²) in [5.74, 6) is -0.0851. The second kappa shape index (κ2) is 7.97. The third kappa shape index (κ3) is 3.94. The zero-order chi connectivity index (χ0) is 18.7. The Balaban J connectivity index is 1.92. The summed E-state index contributed by atoms with van der Waals surface area (Å²) in [6.45, 7) is 6.28. The highest BCUT2D eigenvalue weighted by Crippen LogP contribution is 2.29. The van der Waals surface area contributed by atoms with Crippen molar-refractivity contribution in [3.05, 3.63) is 41.7 Å². The highest BCUT2D eigenvalue weighted by Gasteiger charge is 2.23. The fraction of sp³-hybridized carbons (Fsp3) is 0.421. The van der Waals surface area contributed by atoms with E-state index < -0.39 is 0 Å². The Kier molecular flexibility index (Phi) is 5.68. The summed E-state index contributed by atoms with van der Waals surface area (Å²) >= 11 is 1.55. The van der Waals surface area contributed by atoms with E-state index in [2.05, 4.69) is 15.0 Å². The lowest BCUT2D eigenvalue weighted by Gasteiger charge is -2.20. The zero-order valence-corrected chi connectivity index (χ0v) is 16.6. The average Bonchev–Trinajstić information content (AvgIpc) is 3.20. The molecule has 2 aromatic heterocycles. The van der Waals surface area contributed by atoms with Crippen LogP contribution in [0.3, 0.4) is 0 Å². The van der Waals surface area contributed by atoms with Gasteiger partial charge in [0, 0.05) is 18.8 Å². The second-order valence-corrected chi connectivity index (χ2v) is 7.57. The first-order valence-electron chi connectivity index (χ1n) is 8.86. The van der Waals surface area contributed by atoms with Gasteiger partial charge in [-0.2, -0.15) is 5.10 Å². The van der Waals surface area contributed by atoms with Crippen LogP contribution in [0.25, 0.3) is 10.2 Å². The van der Waals surface area contributed by atoms with Crippen LogP contribution in [0.15, 0.2) is 30.3 Å². The fourth-order valence-corrected chi connectivity index (χ4v) is 3.87. The minimum atomic E-state index is -0.0851. The topological polar surface area (TPSA) is 54.3 Å². The fourth-order valence-electron chi connectivity index (χ4n) is 2.88. The van der Waals surface area contributed by atoms with Crippen LogP contribution in [0.5, 0.6) is 0 Å². The molecule has 0 spiro atoms. The quantitative estimate of drug-likeness (QED) is 0.639. The van der Waals surface area contributed by atoms with Crippen LogP contribution in [-0.4, -0.2) is 52.8 Å². The second-order valence-electron chi connectivity index (χ2n) is 6.56. The van der Waals surface area contributed by atoms with E-state index in [0.29, 0.717) is 12.2 Å². The zero-order valence-electron chi connectivity index (χ0n) is 15.8. The normalized spacial score (nSPS) is 11.4. The molecule has 3 aromatic rings. The molecule has 7 heteroatoms. The van der Waals surface area contributed by atoms with Crippen LogP contribution in [-0.2, 0) is 6.54 Å². The number of anilines is 1. The van der Waals surface area contributed by atoms with E-state index >= 15 is 0 Å². The number of carbonyl (C=O) groups excluding carboxylic acids is 1. The van der Waals surface area contributed by atoms with E-state index in [-0.39, 0.29) is 5.91 Å². The molecular weight excluding hydrogens is 346 g/mol. The van der Waals surface area contributed by atoms with Crippen molar-refractivity contribution in [2.45, 2.75) is 26.8 Å². The number of benzene rings is 1. The van der Waals surface area contributed by atoms with Crippen LogP contribution in [0, 0.1) is 6.92 Å². The standard InChI is InChI=1S/C19H25N5OS/c1-5-24-14(2)13-16(21-24)18(25)23(12-8-11-22(3)4)19-20-15-9-6-7-10-17(15)26-19/h6-7,9-10,13H,5,8,11-12H2,1-4H3. The maximum atomic E-state index is 13.2. The molecule has 0 unspecified atom stereocenters. The van der Waals surface area contributed by atoms with Gasteiger partial charge < -0.3 is 4.90 Å². The van der Waals surface area contributed by atoms with Crippen molar-refractivity contribution in [1.82, 2.24) is 19.7 Å². The molecule has 0 bridgehead atoms. The molecule has 0 N–H and O–H groups in total. The maximum absolute atomic E-state index is 13.2. The van der Waals surface area contributed by atoms with E-state index in [1.165, 1.54) is 0 Å². The Morgan fingerprint density at radius 2 is 2.00 bits per heavy atom. The van der Waals surface area contributed by atoms with Crippen LogP contribution >= 0.6 is 11.3 Å². The molecule has 0 atom stereocenters. The summed E-state index contributed by atoms with van der Waals surface area (Å²) in [5.41, 5.74) is 2.40. The molecule has 0 aliphatic heterocycles. The molecule has 138 valence electrons. The Morgan fingerprint density at radius 1 is 1.23 bits per heavy atom. The first-order valence-corrected chi connectivity index (χ1v) is 9.68. The molecule has 0 radical (unpaired) electrons. The van der Waals surface area contributed by atoms with Crippen molar-refractivity contribution in [3.63, 3.8) is 0 Å². The Hall–Kier alpha value is -2.25. The van der Waals surface area contributed by atoms with Gasteiger partial charge in [0.25, 0.3) is 5.91 Å². The number of thiazole rings is 1. The molecule has 26 heavy (non-hydrogen) atoms. The van der Waals surface area contributed by atoms with Crippen molar-refractivity contribution in [2.24, 2.45) is 0 Å². The summed E-state index contributed by atoms with van der Waals surface area (Å²) in [7, 11) is 4.08. The van der Waals surface area contributed by atoms with Gasteiger partial charge in [-0.1, -0.05) is 23.5 Å². The molecule has 6 nitrogen and oxygen atoms in total. The van der Waals surface area contributed by atoms with Gasteiger partial charge in [-0.15, -0.1) is 0 Å². The summed E-state index contributed by atoms with van der Waals surface area (Å²) in [5, 5.41) is 5.20. The minimum Gasteiger partial charge on any atom is -0.309 e. The highest BCUT2D eigenvalue weighted by atomic mass is 32.1. The van der Waals surface area contributed by atoms with Crippen molar-refractivity contribution < 1.29 is 4.79 Å². The maximum Gasteiger partial charge on any atom is 0.280 e. The minimum absolute atomic E-state index is 0.0851. The summed E-state index contributed by atoms with van der Waals surface area (Å²) in [6, 6.07) is 9.84. The van der Waals surface area contributed by atoms with Gasteiger partial charge in [0.05, 0.1) is 10.2 Å². The van der Waals surface area contributed by atoms with Crippen molar-refractivity contribution in [3.8, 4) is 0 Å². The van der Waals surface area contributed by atoms with Crippen molar-refractivity contribution in [1.29, 1.82) is 0 Å². The smallest absolute Gasteiger partial charge is 0.280 e. The van der Waals surface area contributed by atoms with E-state index in [4.69, 9.17) is 0 Å². The van der Waals surface area contributed by atoms with E-state index in [1.54, 1.807) is 16.2 Å². The Bertz CT molecular complexity index is 865. The SMILES string of the molecule is CCn1nc(C(=O)N(CCCN(C)C)c2nc3ccccc3s2)cc1C. The summed E-state index contributed by atoms with van der Waals surface area (Å²) < 4.78 is 2.94. The molecular formula is C19H25N5OS. The lowest BCUT2D eigenvalue weighted by molar-refractivity contribution is 0.0980. The molecule has 1 aromatic carbocycles. The lowest BCUT2D eigenvalue weighted by Crippen LogP contribution is -2.33. The van der Waals surface area contributed by atoms with Gasteiger partial charge in [-0.25, -0.2) is 4.98 Å². The van der Waals surface area contributed by atoms with Crippen molar-refractivity contribution >= 4 is 32.6 Å². The van der Waals surface area contributed by atoms with Gasteiger partial charge in [-0.05, 0) is 59.1 Å². The Morgan fingerprint density at radius 3 is 2.65 bits per heavy atom. The number of hydrogen-bond donors (Lipinski definition) is 0. The molecule has 0 aliphatic carbocycles. The first kappa shape index (κ1) is 18.5. The molecule has 1 amide bonds. The third-order valence-corrected chi connectivity index (χ3v) is 5.30. The van der Waals surface area contributed by atoms with E-state index in [1.807, 2.05) is 63.0 Å². The molecule has 2 heterocycles. The average molecular weight is 372 g/mol. The van der Waals surface area contributed by atoms with Crippen LogP contribution in [0.2, 0.25) is 0 Å². The number of nitrogens with zero attached hydrogens (tertiary/aromatic N) is 5. The molecule has 0 saturated carbocycles. The number of aryl methyl sites for hydroxylation is 2. The van der Waals surface area contributed by atoms with Gasteiger partial charge in [0.15, 0.2) is 10.8 Å². The van der Waals surface area contributed by atoms with Crippen LogP contribution in [0.4, 0.5) is 5.13 Å². The number of para-hydroxylation sites is 1. The molecule has 0 fully saturated rings. The van der Waals surface area contributed by atoms with Gasteiger partial charge in [0.2, 0.25) is 0 Å². The number of carbonyl (C=O) groups is 1. The number of hydrogen-bond acceptors (Lipinski definition) is 5. The van der Waals surface area contributed by atoms with Gasteiger partial charge in [0.1, 0.15) is 0 Å². The molecule has 0 saturated heterocycles. The molecule has 3 rings (SSSR count). The summed E-state index contributed by atoms with van der Waals surface area (Å²) in [4.78, 5) is 21.8. The predicted octanol–water partition coefficient (Wildman–Crippen LogP) is 3.42. The number of aromatic nitrogens is 3. The van der Waals surface area contributed by atoms with E-state index in [0.717, 1.165) is 40.6 Å². The molecule has 0 aliphatic rings. The summed E-state index contributed by atoms with van der Waals surface area (Å²) in [6.07, 6.45) is 0.877. The predicted molar refractivity (Wildman–Crippen MR) is 107 cm³/mol. The third-order valence-electron chi connectivity index (χ3n) is 4.25. The lowest BCUT2D eigenvalue weighted by atomic mass is 10.3. The van der Waals surface area contributed by atoms with Gasteiger partial charge in [-0.3, -0.25) is 14.4 Å². The monoisotopic (exact) mass is 371 g/mol. The first-order chi connectivity index (χ1) is 12.5. The van der Waals surface area contributed by atoms with Crippen molar-refractivity contribution in [2.75, 3.05) is 32.1 Å². The van der Waals surface area contributed by atoms with Crippen LogP contribution < -0.4 is 4.90 Å². The number of rotatable bonds is 7. The van der Waals surface area contributed by atoms with E-state index in [9.17, 15) is 4.79 Å². The number of amides is 1. The largest absolute Gasteiger partial charge is 0.309 e. The van der Waals surface area contributed by atoms with Crippen LogP contribution in [0.1, 0.15) is 29.5 Å².